The van der Waals surface area contributed by atoms with E-state index in [-0.39, 0.29) is 18.1 Å². The van der Waals surface area contributed by atoms with Crippen molar-refractivity contribution >= 4 is 45.7 Å². The number of ether oxygens (including phenoxy) is 1. The summed E-state index contributed by atoms with van der Waals surface area (Å²) >= 11 is 9.01. The lowest BCUT2D eigenvalue weighted by molar-refractivity contribution is -0.113. The van der Waals surface area contributed by atoms with E-state index in [0.717, 1.165) is 41.7 Å². The fourth-order valence-corrected chi connectivity index (χ4v) is 4.83. The van der Waals surface area contributed by atoms with Crippen LogP contribution in [0.3, 0.4) is 0 Å². The van der Waals surface area contributed by atoms with Crippen LogP contribution in [-0.2, 0) is 21.8 Å². The first-order valence-corrected chi connectivity index (χ1v) is 11.3. The summed E-state index contributed by atoms with van der Waals surface area (Å²) in [6.07, 6.45) is 0.478. The standard InChI is InChI=1S/C19H24ClN3O2S2/c1-13-7-23(8-14(2)25-13)9-17-11-27-19(21-17)22-18(24)12-26-10-15-4-3-5-16(20)6-15/h3-6,11,13-14H,7-10,12H2,1-2H3,(H,21,22,24). The zero-order valence-corrected chi connectivity index (χ0v) is 17.9. The third kappa shape index (κ3) is 6.76. The third-order valence-electron chi connectivity index (χ3n) is 4.07. The van der Waals surface area contributed by atoms with Crippen LogP contribution < -0.4 is 5.32 Å². The quantitative estimate of drug-likeness (QED) is 0.717. The molecule has 0 aliphatic carbocycles. The smallest absolute Gasteiger partial charge is 0.236 e. The van der Waals surface area contributed by atoms with Crippen molar-refractivity contribution in [3.05, 3.63) is 45.9 Å². The van der Waals surface area contributed by atoms with Crippen molar-refractivity contribution in [1.82, 2.24) is 9.88 Å². The lowest BCUT2D eigenvalue weighted by atomic mass is 10.2. The first kappa shape index (κ1) is 20.6. The second-order valence-corrected chi connectivity index (χ2v) is 9.05. The third-order valence-corrected chi connectivity index (χ3v) is 6.12. The van der Waals surface area contributed by atoms with Gasteiger partial charge in [-0.1, -0.05) is 23.7 Å². The minimum atomic E-state index is -0.0310. The van der Waals surface area contributed by atoms with Gasteiger partial charge in [0.05, 0.1) is 23.7 Å². The maximum absolute atomic E-state index is 12.1. The van der Waals surface area contributed by atoms with E-state index in [9.17, 15) is 4.79 Å². The van der Waals surface area contributed by atoms with E-state index in [1.54, 1.807) is 11.8 Å². The van der Waals surface area contributed by atoms with Crippen LogP contribution in [0.1, 0.15) is 25.1 Å². The van der Waals surface area contributed by atoms with Gasteiger partial charge in [-0.2, -0.15) is 0 Å². The average Bonchev–Trinajstić information content (AvgIpc) is 3.00. The fourth-order valence-electron chi connectivity index (χ4n) is 3.12. The molecule has 0 bridgehead atoms. The number of hydrogen-bond donors (Lipinski definition) is 1. The lowest BCUT2D eigenvalue weighted by Crippen LogP contribution is -2.44. The molecule has 1 aromatic heterocycles. The summed E-state index contributed by atoms with van der Waals surface area (Å²) in [5.74, 6) is 1.11. The van der Waals surface area contributed by atoms with Crippen molar-refractivity contribution in [2.45, 2.75) is 38.4 Å². The minimum absolute atomic E-state index is 0.0310. The van der Waals surface area contributed by atoms with Gasteiger partial charge in [-0.25, -0.2) is 4.98 Å². The monoisotopic (exact) mass is 425 g/mol. The Kier molecular flexibility index (Phi) is 7.55. The first-order chi connectivity index (χ1) is 13.0. The van der Waals surface area contributed by atoms with E-state index in [2.05, 4.69) is 29.0 Å². The van der Waals surface area contributed by atoms with Crippen molar-refractivity contribution in [2.24, 2.45) is 0 Å². The number of aromatic nitrogens is 1. The molecule has 2 atom stereocenters. The summed E-state index contributed by atoms with van der Waals surface area (Å²) in [5.41, 5.74) is 2.11. The Balaban J connectivity index is 1.42. The van der Waals surface area contributed by atoms with Gasteiger partial charge < -0.3 is 10.1 Å². The number of thioether (sulfide) groups is 1. The van der Waals surface area contributed by atoms with Crippen molar-refractivity contribution in [1.29, 1.82) is 0 Å². The number of benzene rings is 1. The minimum Gasteiger partial charge on any atom is -0.373 e. The predicted molar refractivity (Wildman–Crippen MR) is 114 cm³/mol. The van der Waals surface area contributed by atoms with Crippen molar-refractivity contribution in [3.8, 4) is 0 Å². The molecule has 1 amide bonds. The van der Waals surface area contributed by atoms with Gasteiger partial charge in [-0.15, -0.1) is 23.1 Å². The molecule has 8 heteroatoms. The number of amides is 1. The van der Waals surface area contributed by atoms with Crippen LogP contribution in [-0.4, -0.2) is 46.8 Å². The van der Waals surface area contributed by atoms with Crippen LogP contribution in [0, 0.1) is 0 Å². The molecule has 5 nitrogen and oxygen atoms in total. The second-order valence-electron chi connectivity index (χ2n) is 6.77. The van der Waals surface area contributed by atoms with Crippen molar-refractivity contribution in [3.63, 3.8) is 0 Å². The second kappa shape index (κ2) is 9.89. The molecule has 1 aliphatic heterocycles. The number of anilines is 1. The number of carbonyl (C=O) groups excluding carboxylic acids is 1. The normalized spacial score (nSPS) is 20.6. The van der Waals surface area contributed by atoms with Gasteiger partial charge in [0.1, 0.15) is 0 Å². The summed E-state index contributed by atoms with van der Waals surface area (Å²) in [6, 6.07) is 7.70. The van der Waals surface area contributed by atoms with Gasteiger partial charge >= 0.3 is 0 Å². The van der Waals surface area contributed by atoms with E-state index in [4.69, 9.17) is 16.3 Å². The predicted octanol–water partition coefficient (Wildman–Crippen LogP) is 4.28. The molecule has 0 saturated carbocycles. The zero-order chi connectivity index (χ0) is 19.2. The molecule has 2 aromatic rings. The Morgan fingerprint density at radius 2 is 2.19 bits per heavy atom. The Labute approximate surface area is 173 Å². The molecule has 1 aromatic carbocycles. The van der Waals surface area contributed by atoms with Crippen LogP contribution in [0.25, 0.3) is 0 Å². The average molecular weight is 426 g/mol. The topological polar surface area (TPSA) is 54.5 Å². The van der Waals surface area contributed by atoms with E-state index < -0.39 is 0 Å². The van der Waals surface area contributed by atoms with Crippen molar-refractivity contribution in [2.75, 3.05) is 24.2 Å². The van der Waals surface area contributed by atoms with E-state index >= 15 is 0 Å². The number of hydrogen-bond acceptors (Lipinski definition) is 6. The molecule has 2 unspecified atom stereocenters. The van der Waals surface area contributed by atoms with Crippen molar-refractivity contribution < 1.29 is 9.53 Å². The van der Waals surface area contributed by atoms with Gasteiger partial charge in [0, 0.05) is 35.8 Å². The highest BCUT2D eigenvalue weighted by atomic mass is 35.5. The maximum atomic E-state index is 12.1. The summed E-state index contributed by atoms with van der Waals surface area (Å²) in [6.45, 7) is 6.79. The SMILES string of the molecule is CC1CN(Cc2csc(NC(=O)CSCc3cccc(Cl)c3)n2)CC(C)O1. The highest BCUT2D eigenvalue weighted by molar-refractivity contribution is 7.99. The number of thiazole rings is 1. The molecule has 0 spiro atoms. The molecule has 1 N–H and O–H groups in total. The summed E-state index contributed by atoms with van der Waals surface area (Å²) < 4.78 is 5.76. The van der Waals surface area contributed by atoms with E-state index in [0.29, 0.717) is 10.9 Å². The summed E-state index contributed by atoms with van der Waals surface area (Å²) in [7, 11) is 0. The van der Waals surface area contributed by atoms with E-state index in [1.165, 1.54) is 11.3 Å². The highest BCUT2D eigenvalue weighted by Crippen LogP contribution is 2.20. The molecule has 146 valence electrons. The number of morpholine rings is 1. The molecule has 27 heavy (non-hydrogen) atoms. The van der Waals surface area contributed by atoms with Gasteiger partial charge in [0.15, 0.2) is 5.13 Å². The van der Waals surface area contributed by atoms with Crippen LogP contribution in [0.2, 0.25) is 5.02 Å². The van der Waals surface area contributed by atoms with Crippen LogP contribution in [0.15, 0.2) is 29.6 Å². The molecule has 0 radical (unpaired) electrons. The molecule has 2 heterocycles. The fraction of sp³-hybridized carbons (Fsp3) is 0.474. The number of carbonyl (C=O) groups is 1. The number of rotatable bonds is 7. The lowest BCUT2D eigenvalue weighted by Gasteiger charge is -2.34. The largest absolute Gasteiger partial charge is 0.373 e. The van der Waals surface area contributed by atoms with Crippen LogP contribution in [0.5, 0.6) is 0 Å². The molecule has 3 rings (SSSR count). The zero-order valence-electron chi connectivity index (χ0n) is 15.5. The maximum Gasteiger partial charge on any atom is 0.236 e. The van der Waals surface area contributed by atoms with E-state index in [1.807, 2.05) is 29.6 Å². The summed E-state index contributed by atoms with van der Waals surface area (Å²) in [5, 5.41) is 6.29. The Morgan fingerprint density at radius 3 is 2.93 bits per heavy atom. The van der Waals surface area contributed by atoms with Crippen LogP contribution >= 0.6 is 34.7 Å². The van der Waals surface area contributed by atoms with Gasteiger partial charge in [0.25, 0.3) is 0 Å². The Morgan fingerprint density at radius 1 is 1.41 bits per heavy atom. The first-order valence-electron chi connectivity index (χ1n) is 8.92. The number of nitrogens with zero attached hydrogens (tertiary/aromatic N) is 2. The Hall–Kier alpha value is -1.12. The molecule has 1 saturated heterocycles. The van der Waals surface area contributed by atoms with Gasteiger partial charge in [-0.05, 0) is 31.5 Å². The number of nitrogens with one attached hydrogen (secondary N) is 1. The number of halogens is 1. The van der Waals surface area contributed by atoms with Gasteiger partial charge in [-0.3, -0.25) is 9.69 Å². The molecule has 1 fully saturated rings. The highest BCUT2D eigenvalue weighted by Gasteiger charge is 2.22. The Bertz CT molecular complexity index is 761. The summed E-state index contributed by atoms with van der Waals surface area (Å²) in [4.78, 5) is 19.0. The molecular formula is C19H24ClN3O2S2. The molecular weight excluding hydrogens is 402 g/mol. The molecule has 1 aliphatic rings. The van der Waals surface area contributed by atoms with Crippen LogP contribution in [0.4, 0.5) is 5.13 Å². The van der Waals surface area contributed by atoms with Gasteiger partial charge in [0.2, 0.25) is 5.91 Å².